The summed E-state index contributed by atoms with van der Waals surface area (Å²) in [4.78, 5) is 13.4. The third-order valence-corrected chi connectivity index (χ3v) is 2.36. The summed E-state index contributed by atoms with van der Waals surface area (Å²) in [5, 5.41) is 10.6. The standard InChI is InChI=1S/C11H20N4O2/c1-4-10-13-14-11(17-10)8-15(6-3)7-9(16)12-5-2/h4-8H2,1-3H3,(H,12,16). The molecule has 0 spiro atoms. The highest BCUT2D eigenvalue weighted by Crippen LogP contribution is 2.04. The van der Waals surface area contributed by atoms with Crippen molar-refractivity contribution in [1.29, 1.82) is 0 Å². The summed E-state index contributed by atoms with van der Waals surface area (Å²) in [7, 11) is 0. The molecule has 1 N–H and O–H groups in total. The van der Waals surface area contributed by atoms with Gasteiger partial charge in [-0.25, -0.2) is 0 Å². The number of carbonyl (C=O) groups is 1. The number of nitrogens with one attached hydrogen (secondary N) is 1. The summed E-state index contributed by atoms with van der Waals surface area (Å²) in [5.41, 5.74) is 0. The molecule has 0 aliphatic carbocycles. The van der Waals surface area contributed by atoms with Crippen LogP contribution in [0.1, 0.15) is 32.6 Å². The van der Waals surface area contributed by atoms with Gasteiger partial charge in [0.15, 0.2) is 0 Å². The quantitative estimate of drug-likeness (QED) is 0.755. The molecule has 17 heavy (non-hydrogen) atoms. The number of amides is 1. The van der Waals surface area contributed by atoms with E-state index in [-0.39, 0.29) is 5.91 Å². The summed E-state index contributed by atoms with van der Waals surface area (Å²) in [6, 6.07) is 0. The van der Waals surface area contributed by atoms with E-state index in [1.165, 1.54) is 0 Å². The summed E-state index contributed by atoms with van der Waals surface area (Å²) in [6.07, 6.45) is 0.732. The molecule has 0 saturated heterocycles. The summed E-state index contributed by atoms with van der Waals surface area (Å²) in [5.74, 6) is 1.21. The molecule has 0 unspecified atom stereocenters. The van der Waals surface area contributed by atoms with E-state index in [9.17, 15) is 4.79 Å². The highest BCUT2D eigenvalue weighted by Gasteiger charge is 2.12. The number of nitrogens with zero attached hydrogens (tertiary/aromatic N) is 3. The average molecular weight is 240 g/mol. The normalized spacial score (nSPS) is 10.8. The molecule has 6 nitrogen and oxygen atoms in total. The molecule has 1 aromatic heterocycles. The molecule has 1 heterocycles. The molecule has 0 saturated carbocycles. The second kappa shape index (κ2) is 7.01. The van der Waals surface area contributed by atoms with Crippen LogP contribution in [0, 0.1) is 0 Å². The lowest BCUT2D eigenvalue weighted by molar-refractivity contribution is -0.122. The minimum Gasteiger partial charge on any atom is -0.424 e. The van der Waals surface area contributed by atoms with Gasteiger partial charge in [0.05, 0.1) is 13.1 Å². The Kier molecular flexibility index (Phi) is 5.62. The van der Waals surface area contributed by atoms with E-state index in [0.29, 0.717) is 31.4 Å². The minimum absolute atomic E-state index is 0.0181. The zero-order valence-corrected chi connectivity index (χ0v) is 10.7. The van der Waals surface area contributed by atoms with Crippen molar-refractivity contribution in [1.82, 2.24) is 20.4 Å². The average Bonchev–Trinajstić information content (AvgIpc) is 2.76. The van der Waals surface area contributed by atoms with E-state index in [0.717, 1.165) is 13.0 Å². The van der Waals surface area contributed by atoms with Crippen LogP contribution < -0.4 is 5.32 Å². The van der Waals surface area contributed by atoms with E-state index in [2.05, 4.69) is 15.5 Å². The highest BCUT2D eigenvalue weighted by molar-refractivity contribution is 5.77. The molecule has 0 atom stereocenters. The van der Waals surface area contributed by atoms with Gasteiger partial charge in [-0.1, -0.05) is 13.8 Å². The first-order valence-electron chi connectivity index (χ1n) is 5.99. The fraction of sp³-hybridized carbons (Fsp3) is 0.727. The van der Waals surface area contributed by atoms with Gasteiger partial charge >= 0.3 is 0 Å². The van der Waals surface area contributed by atoms with E-state index in [1.54, 1.807) is 0 Å². The number of hydrogen-bond donors (Lipinski definition) is 1. The smallest absolute Gasteiger partial charge is 0.234 e. The highest BCUT2D eigenvalue weighted by atomic mass is 16.4. The molecular weight excluding hydrogens is 220 g/mol. The Hall–Kier alpha value is -1.43. The van der Waals surface area contributed by atoms with Gasteiger partial charge in [0.2, 0.25) is 17.7 Å². The molecule has 1 aromatic rings. The van der Waals surface area contributed by atoms with E-state index in [1.807, 2.05) is 25.7 Å². The number of carbonyl (C=O) groups excluding carboxylic acids is 1. The van der Waals surface area contributed by atoms with Gasteiger partial charge in [-0.3, -0.25) is 9.69 Å². The molecule has 1 amide bonds. The van der Waals surface area contributed by atoms with Gasteiger partial charge in [-0.15, -0.1) is 10.2 Å². The van der Waals surface area contributed by atoms with Crippen molar-refractivity contribution in [3.63, 3.8) is 0 Å². The van der Waals surface area contributed by atoms with Crippen LogP contribution in [0.3, 0.4) is 0 Å². The lowest BCUT2D eigenvalue weighted by Crippen LogP contribution is -2.36. The first-order valence-corrected chi connectivity index (χ1v) is 5.99. The largest absolute Gasteiger partial charge is 0.424 e. The predicted molar refractivity (Wildman–Crippen MR) is 63.3 cm³/mol. The fourth-order valence-electron chi connectivity index (χ4n) is 1.42. The van der Waals surface area contributed by atoms with Gasteiger partial charge in [0.25, 0.3) is 0 Å². The first-order chi connectivity index (χ1) is 8.19. The molecule has 6 heteroatoms. The second-order valence-electron chi connectivity index (χ2n) is 3.70. The molecule has 0 radical (unpaired) electrons. The zero-order valence-electron chi connectivity index (χ0n) is 10.7. The molecule has 0 fully saturated rings. The number of aryl methyl sites for hydroxylation is 1. The van der Waals surface area contributed by atoms with Crippen LogP contribution in [0.2, 0.25) is 0 Å². The van der Waals surface area contributed by atoms with Crippen molar-refractivity contribution in [2.45, 2.75) is 33.7 Å². The Balaban J connectivity index is 2.48. The zero-order chi connectivity index (χ0) is 12.7. The Morgan fingerprint density at radius 2 is 2.00 bits per heavy atom. The topological polar surface area (TPSA) is 71.3 Å². The Morgan fingerprint density at radius 1 is 1.29 bits per heavy atom. The van der Waals surface area contributed by atoms with Crippen LogP contribution in [0.15, 0.2) is 4.42 Å². The fourth-order valence-corrected chi connectivity index (χ4v) is 1.42. The van der Waals surface area contributed by atoms with Crippen LogP contribution in [0.5, 0.6) is 0 Å². The Labute approximate surface area is 101 Å². The molecular formula is C11H20N4O2. The van der Waals surface area contributed by atoms with E-state index in [4.69, 9.17) is 4.42 Å². The minimum atomic E-state index is 0.0181. The second-order valence-corrected chi connectivity index (χ2v) is 3.70. The van der Waals surface area contributed by atoms with Crippen LogP contribution >= 0.6 is 0 Å². The lowest BCUT2D eigenvalue weighted by atomic mass is 10.4. The van der Waals surface area contributed by atoms with Crippen molar-refractivity contribution in [3.8, 4) is 0 Å². The van der Waals surface area contributed by atoms with Crippen molar-refractivity contribution < 1.29 is 9.21 Å². The van der Waals surface area contributed by atoms with Crippen molar-refractivity contribution in [3.05, 3.63) is 11.8 Å². The van der Waals surface area contributed by atoms with Gasteiger partial charge < -0.3 is 9.73 Å². The molecule has 0 bridgehead atoms. The molecule has 0 aliphatic rings. The number of likely N-dealkylation sites (N-methyl/N-ethyl adjacent to an activating group) is 2. The van der Waals surface area contributed by atoms with Gasteiger partial charge in [0.1, 0.15) is 0 Å². The number of aromatic nitrogens is 2. The van der Waals surface area contributed by atoms with Crippen LogP contribution in [0.25, 0.3) is 0 Å². The van der Waals surface area contributed by atoms with Crippen LogP contribution in [-0.2, 0) is 17.8 Å². The predicted octanol–water partition coefficient (Wildman–Crippen LogP) is 0.590. The van der Waals surface area contributed by atoms with E-state index < -0.39 is 0 Å². The van der Waals surface area contributed by atoms with Gasteiger partial charge in [-0.05, 0) is 13.5 Å². The maximum atomic E-state index is 11.4. The van der Waals surface area contributed by atoms with Crippen LogP contribution in [-0.4, -0.2) is 40.6 Å². The maximum Gasteiger partial charge on any atom is 0.234 e. The lowest BCUT2D eigenvalue weighted by Gasteiger charge is -2.17. The van der Waals surface area contributed by atoms with E-state index >= 15 is 0 Å². The first kappa shape index (κ1) is 13.6. The maximum absolute atomic E-state index is 11.4. The third kappa shape index (κ3) is 4.52. The summed E-state index contributed by atoms with van der Waals surface area (Å²) >= 11 is 0. The monoisotopic (exact) mass is 240 g/mol. The molecule has 0 aromatic carbocycles. The van der Waals surface area contributed by atoms with Crippen molar-refractivity contribution in [2.75, 3.05) is 19.6 Å². The summed E-state index contributed by atoms with van der Waals surface area (Å²) in [6.45, 7) is 8.15. The Morgan fingerprint density at radius 3 is 2.53 bits per heavy atom. The van der Waals surface area contributed by atoms with Crippen LogP contribution in [0.4, 0.5) is 0 Å². The number of hydrogen-bond acceptors (Lipinski definition) is 5. The molecule has 1 rings (SSSR count). The molecule has 96 valence electrons. The molecule has 0 aliphatic heterocycles. The van der Waals surface area contributed by atoms with Crippen molar-refractivity contribution >= 4 is 5.91 Å². The third-order valence-electron chi connectivity index (χ3n) is 2.36. The number of rotatable bonds is 7. The van der Waals surface area contributed by atoms with Gasteiger partial charge in [0, 0.05) is 13.0 Å². The summed E-state index contributed by atoms with van der Waals surface area (Å²) < 4.78 is 5.41. The van der Waals surface area contributed by atoms with Crippen molar-refractivity contribution in [2.24, 2.45) is 0 Å². The Bertz CT molecular complexity index is 351. The van der Waals surface area contributed by atoms with Gasteiger partial charge in [-0.2, -0.15) is 0 Å². The SMILES string of the molecule is CCNC(=O)CN(CC)Cc1nnc(CC)o1.